The van der Waals surface area contributed by atoms with Crippen LogP contribution in [0.1, 0.15) is 93.8 Å². The van der Waals surface area contributed by atoms with Crippen molar-refractivity contribution in [3.8, 4) is 0 Å². The molecular formula is C38H55N3O7. The fourth-order valence-electron chi connectivity index (χ4n) is 6.73. The van der Waals surface area contributed by atoms with Crippen LogP contribution in [-0.4, -0.2) is 77.2 Å². The summed E-state index contributed by atoms with van der Waals surface area (Å²) in [5.41, 5.74) is 2.32. The van der Waals surface area contributed by atoms with Gasteiger partial charge < -0.3 is 30.5 Å². The highest BCUT2D eigenvalue weighted by molar-refractivity contribution is 5.97. The molecule has 1 aliphatic carbocycles. The highest BCUT2D eigenvalue weighted by Crippen LogP contribution is 2.34. The molecule has 10 nitrogen and oxygen atoms in total. The number of ether oxygens (including phenoxy) is 1. The number of carbonyl (C=O) groups excluding carboxylic acids is 2. The molecule has 1 fully saturated rings. The maximum absolute atomic E-state index is 13.8. The van der Waals surface area contributed by atoms with Gasteiger partial charge in [0.1, 0.15) is 5.54 Å². The molecule has 4 N–H and O–H groups in total. The van der Waals surface area contributed by atoms with Gasteiger partial charge >= 0.3 is 6.09 Å². The van der Waals surface area contributed by atoms with Crippen molar-refractivity contribution in [3.63, 3.8) is 0 Å². The standard InChI is InChI=1S/C37H53N3O5.CH2O2/c1-26(2)33(41)31-14-13-29-18-21-40(22-19-30(29)23-31)20-17-27-11-15-32(16-12-27)38-34(42)37(36(3,4)5,39-35(43)44)25-45-24-28-9-7-6-8-10-28;2-1-3/h6-10,13-14,23,26-27,32,39H,11-12,15-22,24-25H2,1-5H3,(H,38,42)(H,43,44);1H,(H,2,3)/t27?,32?,37-;/m0./s1. The van der Waals surface area contributed by atoms with Crippen LogP contribution < -0.4 is 10.6 Å². The quantitative estimate of drug-likeness (QED) is 0.161. The van der Waals surface area contributed by atoms with E-state index in [-0.39, 0.29) is 36.7 Å². The zero-order valence-corrected chi connectivity index (χ0v) is 29.3. The molecule has 2 aromatic rings. The molecule has 0 spiro atoms. The first-order valence-corrected chi connectivity index (χ1v) is 17.2. The van der Waals surface area contributed by atoms with E-state index >= 15 is 0 Å². The number of rotatable bonds is 12. The van der Waals surface area contributed by atoms with E-state index in [4.69, 9.17) is 14.6 Å². The third-order valence-corrected chi connectivity index (χ3v) is 9.86. The normalized spacial score (nSPS) is 19.5. The first-order chi connectivity index (χ1) is 22.8. The number of carboxylic acid groups (broad SMARTS) is 2. The Bertz CT molecular complexity index is 1350. The van der Waals surface area contributed by atoms with Gasteiger partial charge in [-0.1, -0.05) is 77.1 Å². The molecule has 48 heavy (non-hydrogen) atoms. The Balaban J connectivity index is 0.00000201. The van der Waals surface area contributed by atoms with Crippen LogP contribution in [0.15, 0.2) is 48.5 Å². The third-order valence-electron chi connectivity index (χ3n) is 9.86. The number of hydrogen-bond acceptors (Lipinski definition) is 6. The Morgan fingerprint density at radius 1 is 0.979 bits per heavy atom. The van der Waals surface area contributed by atoms with Gasteiger partial charge in [-0.15, -0.1) is 0 Å². The lowest BCUT2D eigenvalue weighted by Crippen LogP contribution is -2.69. The maximum Gasteiger partial charge on any atom is 0.405 e. The molecule has 4 rings (SSSR count). The van der Waals surface area contributed by atoms with Gasteiger partial charge in [0.15, 0.2) is 5.78 Å². The summed E-state index contributed by atoms with van der Waals surface area (Å²) >= 11 is 0. The predicted molar refractivity (Wildman–Crippen MR) is 186 cm³/mol. The van der Waals surface area contributed by atoms with Crippen molar-refractivity contribution in [3.05, 3.63) is 70.8 Å². The monoisotopic (exact) mass is 665 g/mol. The van der Waals surface area contributed by atoms with E-state index in [1.165, 1.54) is 11.1 Å². The van der Waals surface area contributed by atoms with Crippen molar-refractivity contribution < 1.29 is 34.1 Å². The number of amides is 2. The van der Waals surface area contributed by atoms with Gasteiger partial charge in [0.2, 0.25) is 5.91 Å². The predicted octanol–water partition coefficient (Wildman–Crippen LogP) is 5.96. The van der Waals surface area contributed by atoms with Gasteiger partial charge in [-0.25, -0.2) is 4.79 Å². The van der Waals surface area contributed by atoms with Crippen molar-refractivity contribution in [2.45, 2.75) is 97.8 Å². The van der Waals surface area contributed by atoms with E-state index in [2.05, 4.69) is 27.7 Å². The minimum Gasteiger partial charge on any atom is -0.483 e. The largest absolute Gasteiger partial charge is 0.483 e. The molecule has 1 atom stereocenters. The third kappa shape index (κ3) is 10.9. The van der Waals surface area contributed by atoms with E-state index in [1.54, 1.807) is 0 Å². The summed E-state index contributed by atoms with van der Waals surface area (Å²) in [7, 11) is 0. The number of nitrogens with zero attached hydrogens (tertiary/aromatic N) is 1. The summed E-state index contributed by atoms with van der Waals surface area (Å²) in [6.45, 7) is 12.6. The van der Waals surface area contributed by atoms with E-state index in [0.717, 1.165) is 75.7 Å². The number of nitrogens with one attached hydrogen (secondary N) is 2. The molecule has 264 valence electrons. The first-order valence-electron chi connectivity index (χ1n) is 17.2. The molecule has 2 amide bonds. The van der Waals surface area contributed by atoms with Crippen LogP contribution in [-0.2, 0) is 33.8 Å². The molecule has 2 aliphatic rings. The van der Waals surface area contributed by atoms with Gasteiger partial charge in [0.25, 0.3) is 6.47 Å². The molecule has 1 heterocycles. The SMILES string of the molecule is CC(C)C(=O)c1ccc2c(c1)CCN(CCC1CCC(NC(=O)[C@](COCc3ccccc3)(NC(=O)O)C(C)(C)C)CC1)CC2.O=CO. The lowest BCUT2D eigenvalue weighted by Gasteiger charge is -2.44. The van der Waals surface area contributed by atoms with Crippen LogP contribution in [0.3, 0.4) is 0 Å². The number of fused-ring (bicyclic) bond motifs is 1. The van der Waals surface area contributed by atoms with Crippen LogP contribution >= 0.6 is 0 Å². The van der Waals surface area contributed by atoms with E-state index in [1.807, 2.05) is 71.0 Å². The molecule has 0 aromatic heterocycles. The van der Waals surface area contributed by atoms with Gasteiger partial charge in [-0.2, -0.15) is 0 Å². The van der Waals surface area contributed by atoms with Crippen LogP contribution in [0.25, 0.3) is 0 Å². The minimum absolute atomic E-state index is 0.00937. The van der Waals surface area contributed by atoms with Gasteiger partial charge in [-0.05, 0) is 85.6 Å². The smallest absolute Gasteiger partial charge is 0.405 e. The van der Waals surface area contributed by atoms with Crippen molar-refractivity contribution in [1.82, 2.24) is 15.5 Å². The first kappa shape index (κ1) is 38.7. The Labute approximate surface area is 285 Å². The zero-order chi connectivity index (χ0) is 35.3. The van der Waals surface area contributed by atoms with Crippen molar-refractivity contribution in [2.75, 3.05) is 26.2 Å². The second-order valence-electron chi connectivity index (χ2n) is 14.5. The highest BCUT2D eigenvalue weighted by atomic mass is 16.5. The summed E-state index contributed by atoms with van der Waals surface area (Å²) in [6.07, 6.45) is 5.72. The van der Waals surface area contributed by atoms with Crippen molar-refractivity contribution in [2.24, 2.45) is 17.3 Å². The molecule has 0 bridgehead atoms. The number of Topliss-reactive ketones (excluding diaryl/α,β-unsaturated/α-hetero) is 1. The average molecular weight is 666 g/mol. The van der Waals surface area contributed by atoms with Gasteiger partial charge in [-0.3, -0.25) is 14.4 Å². The van der Waals surface area contributed by atoms with Crippen LogP contribution in [0, 0.1) is 17.3 Å². The van der Waals surface area contributed by atoms with Crippen molar-refractivity contribution in [1.29, 1.82) is 0 Å². The maximum atomic E-state index is 13.8. The summed E-state index contributed by atoms with van der Waals surface area (Å²) < 4.78 is 5.98. The second kappa shape index (κ2) is 18.1. The number of hydrogen-bond donors (Lipinski definition) is 4. The molecule has 0 saturated heterocycles. The number of ketones is 1. The fraction of sp³-hybridized carbons (Fsp3) is 0.579. The Morgan fingerprint density at radius 2 is 1.60 bits per heavy atom. The van der Waals surface area contributed by atoms with Gasteiger partial charge in [0, 0.05) is 30.6 Å². The molecule has 1 aliphatic heterocycles. The summed E-state index contributed by atoms with van der Waals surface area (Å²) in [5.74, 6) is 0.508. The van der Waals surface area contributed by atoms with Crippen LogP contribution in [0.5, 0.6) is 0 Å². The van der Waals surface area contributed by atoms with Crippen LogP contribution in [0.2, 0.25) is 0 Å². The molecule has 1 saturated carbocycles. The van der Waals surface area contributed by atoms with E-state index < -0.39 is 17.0 Å². The summed E-state index contributed by atoms with van der Waals surface area (Å²) in [4.78, 5) is 49.2. The van der Waals surface area contributed by atoms with E-state index in [9.17, 15) is 19.5 Å². The molecule has 10 heteroatoms. The molecule has 0 radical (unpaired) electrons. The summed E-state index contributed by atoms with van der Waals surface area (Å²) in [5, 5.41) is 22.4. The zero-order valence-electron chi connectivity index (χ0n) is 29.3. The fourth-order valence-corrected chi connectivity index (χ4v) is 6.73. The number of benzene rings is 2. The Kier molecular flexibility index (Phi) is 14.6. The Morgan fingerprint density at radius 3 is 2.19 bits per heavy atom. The lowest BCUT2D eigenvalue weighted by molar-refractivity contribution is -0.137. The van der Waals surface area contributed by atoms with Crippen molar-refractivity contribution >= 4 is 24.3 Å². The average Bonchev–Trinajstić information content (AvgIpc) is 3.25. The number of carbonyl (C=O) groups is 4. The summed E-state index contributed by atoms with van der Waals surface area (Å²) in [6, 6.07) is 15.9. The molecule has 0 unspecified atom stereocenters. The molecular weight excluding hydrogens is 610 g/mol. The van der Waals surface area contributed by atoms with E-state index in [0.29, 0.717) is 12.5 Å². The van der Waals surface area contributed by atoms with Crippen LogP contribution in [0.4, 0.5) is 4.79 Å². The van der Waals surface area contributed by atoms with Gasteiger partial charge in [0.05, 0.1) is 13.2 Å². The highest BCUT2D eigenvalue weighted by Gasteiger charge is 2.51. The lowest BCUT2D eigenvalue weighted by atomic mass is 9.72. The second-order valence-corrected chi connectivity index (χ2v) is 14.5. The minimum atomic E-state index is -1.43. The topological polar surface area (TPSA) is 145 Å². The Hall–Kier alpha value is -3.76. The molecule has 2 aromatic carbocycles.